The lowest BCUT2D eigenvalue weighted by atomic mass is 10.1. The van der Waals surface area contributed by atoms with E-state index in [0.717, 1.165) is 5.52 Å². The Labute approximate surface area is 177 Å². The summed E-state index contributed by atoms with van der Waals surface area (Å²) in [5.41, 5.74) is 3.21. The zero-order valence-corrected chi connectivity index (χ0v) is 17.7. The number of anilines is 1. The number of hydrogen-bond donors (Lipinski definition) is 3. The average molecular weight is 418 g/mol. The predicted molar refractivity (Wildman–Crippen MR) is 117 cm³/mol. The highest BCUT2D eigenvalue weighted by Gasteiger charge is 2.24. The molecule has 1 amide bonds. The summed E-state index contributed by atoms with van der Waals surface area (Å²) in [6.07, 6.45) is 0.550. The average Bonchev–Trinajstić information content (AvgIpc) is 3.25. The van der Waals surface area contributed by atoms with Gasteiger partial charge in [-0.15, -0.1) is 0 Å². The second kappa shape index (κ2) is 7.67. The van der Waals surface area contributed by atoms with Gasteiger partial charge in [-0.3, -0.25) is 19.4 Å². The van der Waals surface area contributed by atoms with Gasteiger partial charge in [-0.1, -0.05) is 25.1 Å². The molecule has 0 spiro atoms. The monoisotopic (exact) mass is 418 g/mol. The summed E-state index contributed by atoms with van der Waals surface area (Å²) in [6.45, 7) is 7.11. The molecule has 31 heavy (non-hydrogen) atoms. The summed E-state index contributed by atoms with van der Waals surface area (Å²) in [4.78, 5) is 48.4. The number of para-hydroxylation sites is 1. The van der Waals surface area contributed by atoms with Crippen molar-refractivity contribution >= 4 is 28.4 Å². The summed E-state index contributed by atoms with van der Waals surface area (Å²) >= 11 is 0. The van der Waals surface area contributed by atoms with Crippen LogP contribution in [-0.4, -0.2) is 36.4 Å². The summed E-state index contributed by atoms with van der Waals surface area (Å²) < 4.78 is 1.32. The van der Waals surface area contributed by atoms with Crippen molar-refractivity contribution in [2.24, 2.45) is 0 Å². The van der Waals surface area contributed by atoms with Crippen molar-refractivity contribution in [2.75, 3.05) is 5.32 Å². The Balaban J connectivity index is 1.69. The van der Waals surface area contributed by atoms with Crippen molar-refractivity contribution < 1.29 is 9.59 Å². The van der Waals surface area contributed by atoms with E-state index in [9.17, 15) is 14.4 Å². The number of aryl methyl sites for hydroxylation is 3. The van der Waals surface area contributed by atoms with Gasteiger partial charge in [0.25, 0.3) is 17.2 Å². The number of aromatic amines is 2. The number of amides is 1. The molecule has 0 aliphatic heterocycles. The number of nitrogens with one attached hydrogen (secondary N) is 3. The quantitative estimate of drug-likeness (QED) is 0.339. The molecule has 0 saturated heterocycles. The van der Waals surface area contributed by atoms with Crippen molar-refractivity contribution in [2.45, 2.75) is 34.1 Å². The molecule has 158 valence electrons. The number of aromatic nitrogens is 5. The maximum atomic E-state index is 13.0. The van der Waals surface area contributed by atoms with E-state index in [4.69, 9.17) is 0 Å². The fraction of sp³-hybridized carbons (Fsp3) is 0.227. The first-order valence-corrected chi connectivity index (χ1v) is 9.90. The van der Waals surface area contributed by atoms with Gasteiger partial charge in [0.05, 0.1) is 11.3 Å². The molecule has 0 aliphatic rings. The molecule has 0 radical (unpaired) electrons. The first-order chi connectivity index (χ1) is 14.8. The van der Waals surface area contributed by atoms with Crippen molar-refractivity contribution in [3.63, 3.8) is 0 Å². The van der Waals surface area contributed by atoms with Crippen LogP contribution in [0.25, 0.3) is 16.9 Å². The third kappa shape index (κ3) is 3.54. The largest absolute Gasteiger partial charge is 0.358 e. The van der Waals surface area contributed by atoms with Gasteiger partial charge >= 0.3 is 0 Å². The number of carbonyl (C=O) groups excluding carboxylic acids is 2. The van der Waals surface area contributed by atoms with E-state index >= 15 is 0 Å². The fourth-order valence-electron chi connectivity index (χ4n) is 3.72. The Kier molecular flexibility index (Phi) is 5.02. The Morgan fingerprint density at radius 1 is 1.13 bits per heavy atom. The molecule has 1 aromatic carbocycles. The lowest BCUT2D eigenvalue weighted by Gasteiger charge is -2.09. The highest BCUT2D eigenvalue weighted by atomic mass is 16.2. The van der Waals surface area contributed by atoms with Crippen molar-refractivity contribution in [3.05, 3.63) is 68.9 Å². The first kappa shape index (κ1) is 20.3. The molecule has 0 bridgehead atoms. The minimum Gasteiger partial charge on any atom is -0.358 e. The van der Waals surface area contributed by atoms with E-state index in [-0.39, 0.29) is 17.3 Å². The number of hydrogen-bond acceptors (Lipinski definition) is 5. The van der Waals surface area contributed by atoms with E-state index in [1.807, 2.05) is 25.1 Å². The molecular weight excluding hydrogens is 396 g/mol. The van der Waals surface area contributed by atoms with Gasteiger partial charge in [0, 0.05) is 33.9 Å². The number of H-pyrrole nitrogens is 2. The maximum Gasteiger partial charge on any atom is 0.298 e. The van der Waals surface area contributed by atoms with E-state index in [0.29, 0.717) is 40.0 Å². The van der Waals surface area contributed by atoms with Crippen LogP contribution in [0.4, 0.5) is 5.82 Å². The third-order valence-electron chi connectivity index (χ3n) is 5.16. The summed E-state index contributed by atoms with van der Waals surface area (Å²) in [5.74, 6) is -1.07. The van der Waals surface area contributed by atoms with Crippen LogP contribution < -0.4 is 10.9 Å². The third-order valence-corrected chi connectivity index (χ3v) is 5.16. The molecule has 0 saturated carbocycles. The summed E-state index contributed by atoms with van der Waals surface area (Å²) in [5, 5.41) is 7.61. The predicted octanol–water partition coefficient (Wildman–Crippen LogP) is 2.75. The number of nitrogens with zero attached hydrogens (tertiary/aromatic N) is 3. The summed E-state index contributed by atoms with van der Waals surface area (Å²) in [7, 11) is 0. The molecule has 9 heteroatoms. The first-order valence-electron chi connectivity index (χ1n) is 9.90. The molecule has 0 aliphatic carbocycles. The van der Waals surface area contributed by atoms with Crippen LogP contribution in [0.15, 0.2) is 35.1 Å². The second-order valence-corrected chi connectivity index (χ2v) is 7.34. The molecule has 3 aromatic heterocycles. The lowest BCUT2D eigenvalue weighted by molar-refractivity contribution is -0.112. The topological polar surface area (TPSA) is 126 Å². The minimum absolute atomic E-state index is 0.166. The Hall–Kier alpha value is -4.01. The fourth-order valence-corrected chi connectivity index (χ4v) is 3.72. The summed E-state index contributed by atoms with van der Waals surface area (Å²) in [6, 6.07) is 8.91. The van der Waals surface area contributed by atoms with E-state index in [2.05, 4.69) is 25.4 Å². The van der Waals surface area contributed by atoms with Gasteiger partial charge < -0.3 is 10.3 Å². The van der Waals surface area contributed by atoms with Crippen molar-refractivity contribution in [1.29, 1.82) is 0 Å². The molecule has 4 rings (SSSR count). The molecule has 4 aromatic rings. The van der Waals surface area contributed by atoms with Gasteiger partial charge in [0.2, 0.25) is 5.95 Å². The smallest absolute Gasteiger partial charge is 0.298 e. The highest BCUT2D eigenvalue weighted by Crippen LogP contribution is 2.23. The van der Waals surface area contributed by atoms with Crippen LogP contribution in [0.5, 0.6) is 0 Å². The number of fused-ring (bicyclic) bond motifs is 1. The number of rotatable bonds is 5. The van der Waals surface area contributed by atoms with Crippen LogP contribution in [-0.2, 0) is 11.2 Å². The number of carbonyl (C=O) groups is 2. The van der Waals surface area contributed by atoms with Crippen molar-refractivity contribution in [3.8, 4) is 5.95 Å². The Morgan fingerprint density at radius 3 is 2.58 bits per heavy atom. The molecule has 9 nitrogen and oxygen atoms in total. The standard InChI is InChI=1S/C22H22N6O3/c1-5-14-12(3)24-22(26-20(14)30)28-17(10-11(2)27-28)25-21(31)19(29)18-13(4)23-16-9-7-6-8-15(16)18/h6-10,23H,5H2,1-4H3,(H,25,31)(H,24,26,30). The van der Waals surface area contributed by atoms with Crippen LogP contribution >= 0.6 is 0 Å². The van der Waals surface area contributed by atoms with Gasteiger partial charge in [-0.25, -0.2) is 4.98 Å². The molecule has 3 N–H and O–H groups in total. The lowest BCUT2D eigenvalue weighted by Crippen LogP contribution is -2.26. The van der Waals surface area contributed by atoms with E-state index < -0.39 is 11.7 Å². The van der Waals surface area contributed by atoms with Gasteiger partial charge in [-0.05, 0) is 33.3 Å². The van der Waals surface area contributed by atoms with Gasteiger partial charge in [0.15, 0.2) is 0 Å². The number of benzene rings is 1. The molecular formula is C22H22N6O3. The second-order valence-electron chi connectivity index (χ2n) is 7.34. The molecule has 3 heterocycles. The van der Waals surface area contributed by atoms with Crippen LogP contribution in [0.2, 0.25) is 0 Å². The molecule has 0 atom stereocenters. The van der Waals surface area contributed by atoms with Crippen LogP contribution in [0.3, 0.4) is 0 Å². The minimum atomic E-state index is -0.807. The zero-order valence-electron chi connectivity index (χ0n) is 17.7. The highest BCUT2D eigenvalue weighted by molar-refractivity contribution is 6.48. The van der Waals surface area contributed by atoms with E-state index in [1.54, 1.807) is 32.9 Å². The van der Waals surface area contributed by atoms with Gasteiger partial charge in [-0.2, -0.15) is 9.78 Å². The zero-order chi connectivity index (χ0) is 22.3. The number of Topliss-reactive ketones (excluding diaryl/α,β-unsaturated/α-hetero) is 1. The molecule has 0 fully saturated rings. The molecule has 0 unspecified atom stereocenters. The maximum absolute atomic E-state index is 13.0. The Bertz CT molecular complexity index is 1390. The van der Waals surface area contributed by atoms with Crippen molar-refractivity contribution in [1.82, 2.24) is 24.7 Å². The normalized spacial score (nSPS) is 11.1. The van der Waals surface area contributed by atoms with E-state index in [1.165, 1.54) is 4.68 Å². The number of ketones is 1. The SMILES string of the molecule is CCc1c(C)nc(-n2nc(C)cc2NC(=O)C(=O)c2c(C)[nH]c3ccccc23)[nH]c1=O. The Morgan fingerprint density at radius 2 is 1.87 bits per heavy atom. The van der Waals surface area contributed by atoms with Crippen LogP contribution in [0.1, 0.15) is 39.9 Å². The van der Waals surface area contributed by atoms with Gasteiger partial charge in [0.1, 0.15) is 5.82 Å². The van der Waals surface area contributed by atoms with Crippen LogP contribution in [0, 0.1) is 20.8 Å².